The predicted octanol–water partition coefficient (Wildman–Crippen LogP) is 3.69. The van der Waals surface area contributed by atoms with Crippen molar-refractivity contribution in [2.24, 2.45) is 0 Å². The van der Waals surface area contributed by atoms with Gasteiger partial charge < -0.3 is 15.0 Å². The molecule has 6 heteroatoms. The monoisotopic (exact) mass is 374 g/mol. The van der Waals surface area contributed by atoms with E-state index in [2.05, 4.69) is 5.32 Å². The third-order valence-corrected chi connectivity index (χ3v) is 4.24. The minimum atomic E-state index is -0.264. The topological polar surface area (TPSA) is 58.6 Å². The minimum Gasteiger partial charge on any atom is -0.495 e. The molecule has 0 heterocycles. The molecule has 0 bridgehead atoms. The van der Waals surface area contributed by atoms with Gasteiger partial charge in [-0.1, -0.05) is 29.8 Å². The van der Waals surface area contributed by atoms with E-state index in [1.165, 1.54) is 11.8 Å². The van der Waals surface area contributed by atoms with Gasteiger partial charge in [0.1, 0.15) is 5.75 Å². The largest absolute Gasteiger partial charge is 0.495 e. The fourth-order valence-electron chi connectivity index (χ4n) is 2.55. The van der Waals surface area contributed by atoms with Crippen molar-refractivity contribution in [1.29, 1.82) is 0 Å². The summed E-state index contributed by atoms with van der Waals surface area (Å²) in [6.07, 6.45) is 0.651. The number of halogens is 1. The number of amides is 2. The van der Waals surface area contributed by atoms with Crippen molar-refractivity contribution in [2.45, 2.75) is 20.3 Å². The smallest absolute Gasteiger partial charge is 0.244 e. The average Bonchev–Trinajstić information content (AvgIpc) is 2.60. The number of anilines is 1. The first-order valence-electron chi connectivity index (χ1n) is 8.33. The van der Waals surface area contributed by atoms with Crippen LogP contribution in [0, 0.1) is 6.92 Å². The molecule has 138 valence electrons. The summed E-state index contributed by atoms with van der Waals surface area (Å²) in [7, 11) is 1.55. The molecule has 0 saturated heterocycles. The molecule has 2 rings (SSSR count). The summed E-state index contributed by atoms with van der Waals surface area (Å²) in [6, 6.07) is 13.0. The number of aryl methyl sites for hydroxylation is 1. The molecule has 26 heavy (non-hydrogen) atoms. The van der Waals surface area contributed by atoms with Crippen LogP contribution in [-0.4, -0.2) is 36.9 Å². The van der Waals surface area contributed by atoms with E-state index < -0.39 is 0 Å². The lowest BCUT2D eigenvalue weighted by Gasteiger charge is -2.21. The zero-order valence-electron chi connectivity index (χ0n) is 15.2. The zero-order valence-corrected chi connectivity index (χ0v) is 16.0. The average molecular weight is 375 g/mol. The number of methoxy groups -OCH3 is 1. The second-order valence-corrected chi connectivity index (χ2v) is 6.51. The van der Waals surface area contributed by atoms with Crippen LogP contribution in [0.5, 0.6) is 5.75 Å². The summed E-state index contributed by atoms with van der Waals surface area (Å²) < 4.78 is 5.26. The standard InChI is InChI=1S/C20H23ClN2O3/c1-14-4-9-19(26-3)18(12-14)22-20(25)13-23(15(2)24)11-10-16-5-7-17(21)8-6-16/h4-9,12H,10-11,13H2,1-3H3,(H,22,25). The number of hydrogen-bond donors (Lipinski definition) is 1. The van der Waals surface area contributed by atoms with Gasteiger partial charge in [-0.2, -0.15) is 0 Å². The van der Waals surface area contributed by atoms with Crippen molar-refractivity contribution < 1.29 is 14.3 Å². The van der Waals surface area contributed by atoms with Crippen LogP contribution < -0.4 is 10.1 Å². The summed E-state index contributed by atoms with van der Waals surface area (Å²) in [5.74, 6) is 0.171. The van der Waals surface area contributed by atoms with Crippen LogP contribution in [-0.2, 0) is 16.0 Å². The van der Waals surface area contributed by atoms with Gasteiger partial charge in [-0.25, -0.2) is 0 Å². The fraction of sp³-hybridized carbons (Fsp3) is 0.300. The summed E-state index contributed by atoms with van der Waals surface area (Å²) >= 11 is 5.88. The number of nitrogens with one attached hydrogen (secondary N) is 1. The van der Waals surface area contributed by atoms with Gasteiger partial charge in [0, 0.05) is 18.5 Å². The molecule has 0 radical (unpaired) electrons. The van der Waals surface area contributed by atoms with E-state index in [9.17, 15) is 9.59 Å². The Balaban J connectivity index is 1.98. The molecule has 0 aliphatic carbocycles. The molecule has 2 aromatic rings. The first-order valence-corrected chi connectivity index (χ1v) is 8.71. The zero-order chi connectivity index (χ0) is 19.1. The van der Waals surface area contributed by atoms with Crippen molar-refractivity contribution in [3.8, 4) is 5.75 Å². The van der Waals surface area contributed by atoms with Gasteiger partial charge in [-0.3, -0.25) is 9.59 Å². The van der Waals surface area contributed by atoms with Gasteiger partial charge in [0.2, 0.25) is 11.8 Å². The Labute approximate surface area is 158 Å². The normalized spacial score (nSPS) is 10.3. The molecule has 2 aromatic carbocycles. The summed E-state index contributed by atoms with van der Waals surface area (Å²) in [4.78, 5) is 25.8. The van der Waals surface area contributed by atoms with Gasteiger partial charge >= 0.3 is 0 Å². The highest BCUT2D eigenvalue weighted by molar-refractivity contribution is 6.30. The Morgan fingerprint density at radius 1 is 1.15 bits per heavy atom. The van der Waals surface area contributed by atoms with Crippen molar-refractivity contribution in [3.05, 3.63) is 58.6 Å². The maximum Gasteiger partial charge on any atom is 0.244 e. The molecule has 5 nitrogen and oxygen atoms in total. The van der Waals surface area contributed by atoms with Crippen LogP contribution in [0.2, 0.25) is 5.02 Å². The maximum absolute atomic E-state index is 12.4. The highest BCUT2D eigenvalue weighted by atomic mass is 35.5. The van der Waals surface area contributed by atoms with E-state index in [0.717, 1.165) is 11.1 Å². The number of rotatable bonds is 7. The lowest BCUT2D eigenvalue weighted by atomic mass is 10.1. The van der Waals surface area contributed by atoms with Crippen molar-refractivity contribution in [1.82, 2.24) is 4.90 Å². The number of benzene rings is 2. The van der Waals surface area contributed by atoms with E-state index in [4.69, 9.17) is 16.3 Å². The van der Waals surface area contributed by atoms with Crippen LogP contribution in [0.15, 0.2) is 42.5 Å². The molecular formula is C20H23ClN2O3. The Kier molecular flexibility index (Phi) is 7.04. The number of ether oxygens (including phenoxy) is 1. The number of carbonyl (C=O) groups excluding carboxylic acids is 2. The van der Waals surface area contributed by atoms with Crippen LogP contribution in [0.3, 0.4) is 0 Å². The molecule has 0 aliphatic heterocycles. The number of hydrogen-bond acceptors (Lipinski definition) is 3. The van der Waals surface area contributed by atoms with Crippen LogP contribution in [0.4, 0.5) is 5.69 Å². The van der Waals surface area contributed by atoms with Crippen molar-refractivity contribution in [2.75, 3.05) is 25.5 Å². The molecule has 0 unspecified atom stereocenters. The van der Waals surface area contributed by atoms with Crippen molar-refractivity contribution >= 4 is 29.1 Å². The summed E-state index contributed by atoms with van der Waals surface area (Å²) in [6.45, 7) is 3.83. The molecule has 0 saturated carbocycles. The van der Waals surface area contributed by atoms with E-state index >= 15 is 0 Å². The number of carbonyl (C=O) groups is 2. The SMILES string of the molecule is COc1ccc(C)cc1NC(=O)CN(CCc1ccc(Cl)cc1)C(C)=O. The highest BCUT2D eigenvalue weighted by Crippen LogP contribution is 2.25. The molecule has 0 aliphatic rings. The van der Waals surface area contributed by atoms with Gasteiger partial charge in [-0.05, 0) is 48.7 Å². The first kappa shape index (κ1) is 19.8. The highest BCUT2D eigenvalue weighted by Gasteiger charge is 2.15. The molecule has 0 aromatic heterocycles. The lowest BCUT2D eigenvalue weighted by molar-refractivity contribution is -0.132. The Bertz CT molecular complexity index is 775. The van der Waals surface area contributed by atoms with E-state index in [0.29, 0.717) is 29.4 Å². The number of nitrogens with zero attached hydrogens (tertiary/aromatic N) is 1. The second kappa shape index (κ2) is 9.25. The molecule has 1 N–H and O–H groups in total. The Morgan fingerprint density at radius 2 is 1.85 bits per heavy atom. The predicted molar refractivity (Wildman–Crippen MR) is 104 cm³/mol. The van der Waals surface area contributed by atoms with Gasteiger partial charge in [0.25, 0.3) is 0 Å². The Morgan fingerprint density at radius 3 is 2.46 bits per heavy atom. The molecule has 2 amide bonds. The molecular weight excluding hydrogens is 352 g/mol. The van der Waals surface area contributed by atoms with E-state index in [1.54, 1.807) is 13.2 Å². The van der Waals surface area contributed by atoms with E-state index in [-0.39, 0.29) is 18.4 Å². The maximum atomic E-state index is 12.4. The summed E-state index contributed by atoms with van der Waals surface area (Å²) in [5, 5.41) is 3.49. The lowest BCUT2D eigenvalue weighted by Crippen LogP contribution is -2.38. The van der Waals surface area contributed by atoms with E-state index in [1.807, 2.05) is 43.3 Å². The third-order valence-electron chi connectivity index (χ3n) is 3.99. The fourth-order valence-corrected chi connectivity index (χ4v) is 2.67. The van der Waals surface area contributed by atoms with Crippen LogP contribution in [0.25, 0.3) is 0 Å². The van der Waals surface area contributed by atoms with Crippen LogP contribution in [0.1, 0.15) is 18.1 Å². The van der Waals surface area contributed by atoms with Crippen molar-refractivity contribution in [3.63, 3.8) is 0 Å². The second-order valence-electron chi connectivity index (χ2n) is 6.07. The third kappa shape index (κ3) is 5.77. The molecule has 0 atom stereocenters. The van der Waals surface area contributed by atoms with Gasteiger partial charge in [0.05, 0.1) is 19.3 Å². The first-order chi connectivity index (χ1) is 12.4. The molecule has 0 fully saturated rings. The van der Waals surface area contributed by atoms with Gasteiger partial charge in [0.15, 0.2) is 0 Å². The Hall–Kier alpha value is -2.53. The summed E-state index contributed by atoms with van der Waals surface area (Å²) in [5.41, 5.74) is 2.66. The quantitative estimate of drug-likeness (QED) is 0.804. The minimum absolute atomic E-state index is 0.0139. The molecule has 0 spiro atoms. The van der Waals surface area contributed by atoms with Gasteiger partial charge in [-0.15, -0.1) is 0 Å². The van der Waals surface area contributed by atoms with Crippen LogP contribution >= 0.6 is 11.6 Å².